The minimum Gasteiger partial charge on any atom is -0.228 e. The second kappa shape index (κ2) is 6.13. The maximum atomic E-state index is 12.9. The lowest BCUT2D eigenvalue weighted by atomic mass is 10.1. The van der Waals surface area contributed by atoms with Crippen LogP contribution in [0.15, 0.2) is 47.4 Å². The van der Waals surface area contributed by atoms with E-state index in [4.69, 9.17) is 0 Å². The maximum absolute atomic E-state index is 12.9. The highest BCUT2D eigenvalue weighted by Gasteiger charge is 2.43. The zero-order chi connectivity index (χ0) is 17.5. The molecule has 24 heavy (non-hydrogen) atoms. The van der Waals surface area contributed by atoms with Gasteiger partial charge >= 0.3 is 0 Å². The fourth-order valence-corrected chi connectivity index (χ4v) is 6.93. The molecule has 0 saturated carbocycles. The first-order valence-electron chi connectivity index (χ1n) is 7.91. The summed E-state index contributed by atoms with van der Waals surface area (Å²) < 4.78 is 51.4. The smallest absolute Gasteiger partial charge is 0.228 e. The Labute approximate surface area is 143 Å². The molecule has 0 radical (unpaired) electrons. The van der Waals surface area contributed by atoms with E-state index in [1.807, 2.05) is 32.0 Å². The van der Waals surface area contributed by atoms with Gasteiger partial charge in [0.2, 0.25) is 10.0 Å². The minimum atomic E-state index is -3.68. The molecule has 2 aromatic carbocycles. The third-order valence-electron chi connectivity index (χ3n) is 4.26. The van der Waals surface area contributed by atoms with E-state index in [0.29, 0.717) is 5.39 Å². The van der Waals surface area contributed by atoms with Crippen molar-refractivity contribution in [1.82, 2.24) is 4.31 Å². The molecule has 0 aliphatic carbocycles. The molecular weight excluding hydrogens is 346 g/mol. The number of benzene rings is 2. The van der Waals surface area contributed by atoms with Crippen LogP contribution in [0.25, 0.3) is 10.8 Å². The summed E-state index contributed by atoms with van der Waals surface area (Å²) in [5, 5.41) is 0.918. The lowest BCUT2D eigenvalue weighted by Crippen LogP contribution is -2.57. The Kier molecular flexibility index (Phi) is 4.44. The lowest BCUT2D eigenvalue weighted by Gasteiger charge is -2.37. The van der Waals surface area contributed by atoms with Crippen molar-refractivity contribution in [3.8, 4) is 0 Å². The zero-order valence-corrected chi connectivity index (χ0v) is 15.3. The van der Waals surface area contributed by atoms with Crippen molar-refractivity contribution < 1.29 is 16.8 Å². The fraction of sp³-hybridized carbons (Fsp3) is 0.412. The standard InChI is InChI=1S/C17H21NO4S2/c1-13(2)12-23(19,20)15-10-18(11-15)24(21,22)17-9-5-7-14-6-3-4-8-16(14)17/h3-9,13,15H,10-12H2,1-2H3. The largest absolute Gasteiger partial charge is 0.243 e. The molecule has 1 heterocycles. The number of nitrogens with zero attached hydrogens (tertiary/aromatic N) is 1. The Bertz CT molecular complexity index is 954. The van der Waals surface area contributed by atoms with Gasteiger partial charge in [-0.25, -0.2) is 16.8 Å². The van der Waals surface area contributed by atoms with E-state index in [9.17, 15) is 16.8 Å². The molecule has 7 heteroatoms. The first kappa shape index (κ1) is 17.4. The molecule has 1 saturated heterocycles. The summed E-state index contributed by atoms with van der Waals surface area (Å²) in [6, 6.07) is 12.4. The van der Waals surface area contributed by atoms with Gasteiger partial charge in [-0.1, -0.05) is 50.2 Å². The van der Waals surface area contributed by atoms with Crippen molar-refractivity contribution in [3.63, 3.8) is 0 Å². The number of fused-ring (bicyclic) bond motifs is 1. The Morgan fingerprint density at radius 2 is 1.62 bits per heavy atom. The first-order valence-corrected chi connectivity index (χ1v) is 11.1. The zero-order valence-electron chi connectivity index (χ0n) is 13.7. The molecule has 0 aromatic heterocycles. The van der Waals surface area contributed by atoms with Crippen LogP contribution in [0.1, 0.15) is 13.8 Å². The summed E-state index contributed by atoms with van der Waals surface area (Å²) >= 11 is 0. The summed E-state index contributed by atoms with van der Waals surface area (Å²) in [4.78, 5) is 0.236. The quantitative estimate of drug-likeness (QED) is 0.813. The Balaban J connectivity index is 1.86. The highest BCUT2D eigenvalue weighted by atomic mass is 32.2. The van der Waals surface area contributed by atoms with Crippen LogP contribution >= 0.6 is 0 Å². The van der Waals surface area contributed by atoms with Gasteiger partial charge in [-0.2, -0.15) is 4.31 Å². The molecule has 1 aliphatic rings. The fourth-order valence-electron chi connectivity index (χ4n) is 2.98. The number of sulfonamides is 1. The van der Waals surface area contributed by atoms with Crippen LogP contribution in [0.4, 0.5) is 0 Å². The number of hydrogen-bond donors (Lipinski definition) is 0. The SMILES string of the molecule is CC(C)CS(=O)(=O)C1CN(S(=O)(=O)c2cccc3ccccc23)C1. The van der Waals surface area contributed by atoms with Gasteiger partial charge in [-0.05, 0) is 17.4 Å². The number of hydrogen-bond acceptors (Lipinski definition) is 4. The van der Waals surface area contributed by atoms with E-state index in [1.54, 1.807) is 24.3 Å². The second-order valence-electron chi connectivity index (χ2n) is 6.64. The van der Waals surface area contributed by atoms with E-state index in [-0.39, 0.29) is 29.7 Å². The molecule has 0 bridgehead atoms. The molecule has 3 rings (SSSR count). The Hall–Kier alpha value is -1.44. The summed E-state index contributed by atoms with van der Waals surface area (Å²) in [6.07, 6.45) is 0. The lowest BCUT2D eigenvalue weighted by molar-refractivity contribution is 0.309. The van der Waals surface area contributed by atoms with Crippen molar-refractivity contribution in [1.29, 1.82) is 0 Å². The summed E-state index contributed by atoms with van der Waals surface area (Å²) in [7, 11) is -6.93. The van der Waals surface area contributed by atoms with E-state index >= 15 is 0 Å². The van der Waals surface area contributed by atoms with Gasteiger partial charge in [0.25, 0.3) is 0 Å². The minimum absolute atomic E-state index is 0.0405. The van der Waals surface area contributed by atoms with Crippen LogP contribution in [0.3, 0.4) is 0 Å². The van der Waals surface area contributed by atoms with Gasteiger partial charge in [0.05, 0.1) is 15.9 Å². The van der Waals surface area contributed by atoms with Crippen molar-refractivity contribution in [2.75, 3.05) is 18.8 Å². The summed E-state index contributed by atoms with van der Waals surface area (Å²) in [5.41, 5.74) is 0. The van der Waals surface area contributed by atoms with Gasteiger partial charge in [0, 0.05) is 18.5 Å². The molecule has 0 unspecified atom stereocenters. The van der Waals surface area contributed by atoms with E-state index in [2.05, 4.69) is 0 Å². The van der Waals surface area contributed by atoms with Crippen LogP contribution < -0.4 is 0 Å². The molecule has 1 fully saturated rings. The van der Waals surface area contributed by atoms with E-state index < -0.39 is 25.1 Å². The van der Waals surface area contributed by atoms with Gasteiger partial charge in [-0.3, -0.25) is 0 Å². The van der Waals surface area contributed by atoms with E-state index in [0.717, 1.165) is 5.39 Å². The molecule has 2 aromatic rings. The van der Waals surface area contributed by atoms with Gasteiger partial charge in [0.15, 0.2) is 9.84 Å². The Morgan fingerprint density at radius 3 is 2.29 bits per heavy atom. The van der Waals surface area contributed by atoms with Crippen molar-refractivity contribution in [3.05, 3.63) is 42.5 Å². The average Bonchev–Trinajstić information content (AvgIpc) is 2.42. The summed E-state index contributed by atoms with van der Waals surface area (Å²) in [6.45, 7) is 3.78. The average molecular weight is 367 g/mol. The van der Waals surface area contributed by atoms with Gasteiger partial charge < -0.3 is 0 Å². The van der Waals surface area contributed by atoms with Crippen LogP contribution in [0, 0.1) is 5.92 Å². The molecule has 0 atom stereocenters. The molecule has 130 valence electrons. The molecule has 5 nitrogen and oxygen atoms in total. The molecule has 0 amide bonds. The van der Waals surface area contributed by atoms with Gasteiger partial charge in [0.1, 0.15) is 0 Å². The Morgan fingerprint density at radius 1 is 1.00 bits per heavy atom. The molecule has 1 aliphatic heterocycles. The monoisotopic (exact) mass is 367 g/mol. The topological polar surface area (TPSA) is 71.5 Å². The van der Waals surface area contributed by atoms with Crippen LogP contribution in [0.2, 0.25) is 0 Å². The van der Waals surface area contributed by atoms with E-state index in [1.165, 1.54) is 4.31 Å². The first-order chi connectivity index (χ1) is 11.2. The number of sulfone groups is 1. The third kappa shape index (κ3) is 3.08. The van der Waals surface area contributed by atoms with Crippen molar-refractivity contribution >= 4 is 30.6 Å². The normalized spacial score (nSPS) is 17.3. The second-order valence-corrected chi connectivity index (χ2v) is 10.9. The van der Waals surface area contributed by atoms with Crippen LogP contribution in [-0.2, 0) is 19.9 Å². The van der Waals surface area contributed by atoms with Crippen LogP contribution in [-0.4, -0.2) is 45.2 Å². The van der Waals surface area contributed by atoms with Crippen LogP contribution in [0.5, 0.6) is 0 Å². The van der Waals surface area contributed by atoms with Crippen molar-refractivity contribution in [2.45, 2.75) is 24.0 Å². The summed E-state index contributed by atoms with van der Waals surface area (Å²) in [5.74, 6) is 0.138. The molecule has 0 spiro atoms. The predicted molar refractivity (Wildman–Crippen MR) is 95.1 cm³/mol. The highest BCUT2D eigenvalue weighted by molar-refractivity contribution is 7.92. The third-order valence-corrected chi connectivity index (χ3v) is 8.59. The maximum Gasteiger partial charge on any atom is 0.243 e. The molecule has 0 N–H and O–H groups in total. The highest BCUT2D eigenvalue weighted by Crippen LogP contribution is 2.30. The van der Waals surface area contributed by atoms with Crippen molar-refractivity contribution in [2.24, 2.45) is 5.92 Å². The predicted octanol–water partition coefficient (Wildman–Crippen LogP) is 2.28. The number of rotatable bonds is 5. The van der Waals surface area contributed by atoms with Gasteiger partial charge in [-0.15, -0.1) is 0 Å². The molecular formula is C17H21NO4S2.